The molecule has 0 bridgehead atoms. The van der Waals surface area contributed by atoms with Crippen LogP contribution in [0.4, 0.5) is 0 Å². The lowest BCUT2D eigenvalue weighted by Crippen LogP contribution is -1.84. The molecule has 0 atom stereocenters. The van der Waals surface area contributed by atoms with Gasteiger partial charge in [0.25, 0.3) is 0 Å². The Morgan fingerprint density at radius 1 is 1.55 bits per heavy atom. The molecule has 11 heavy (non-hydrogen) atoms. The maximum Gasteiger partial charge on any atom is 0.120 e. The van der Waals surface area contributed by atoms with E-state index in [1.54, 1.807) is 0 Å². The molecule has 0 spiro atoms. The predicted octanol–water partition coefficient (Wildman–Crippen LogP) is 2.87. The lowest BCUT2D eigenvalue weighted by atomic mass is 10.1. The zero-order valence-corrected chi connectivity index (χ0v) is 7.23. The van der Waals surface area contributed by atoms with E-state index in [0.29, 0.717) is 6.42 Å². The number of allylic oxidation sites excluding steroid dienone is 1. The number of carbonyl (C=O) groups excluding carboxylic acids is 1. The third kappa shape index (κ3) is 5.63. The van der Waals surface area contributed by atoms with E-state index in [0.717, 1.165) is 19.1 Å². The number of rotatable bonds is 6. The number of hydrogen-bond acceptors (Lipinski definition) is 1. The molecular formula is C10H16O. The molecule has 1 heteroatoms. The molecule has 0 saturated carbocycles. The second-order valence-corrected chi connectivity index (χ2v) is 2.59. The van der Waals surface area contributed by atoms with Crippen LogP contribution in [0.2, 0.25) is 0 Å². The van der Waals surface area contributed by atoms with Crippen LogP contribution in [0.1, 0.15) is 39.0 Å². The fourth-order valence-electron chi connectivity index (χ4n) is 0.925. The monoisotopic (exact) mass is 152 g/mol. The van der Waals surface area contributed by atoms with Gasteiger partial charge in [-0.25, -0.2) is 0 Å². The molecule has 0 aromatic carbocycles. The van der Waals surface area contributed by atoms with Gasteiger partial charge in [0.05, 0.1) is 0 Å². The van der Waals surface area contributed by atoms with Crippen molar-refractivity contribution < 1.29 is 4.79 Å². The molecule has 0 amide bonds. The van der Waals surface area contributed by atoms with Gasteiger partial charge in [0.1, 0.15) is 6.29 Å². The summed E-state index contributed by atoms with van der Waals surface area (Å²) in [7, 11) is 0. The molecule has 0 N–H and O–H groups in total. The second kappa shape index (κ2) is 7.30. The largest absolute Gasteiger partial charge is 0.303 e. The minimum Gasteiger partial charge on any atom is -0.303 e. The Morgan fingerprint density at radius 3 is 2.73 bits per heavy atom. The van der Waals surface area contributed by atoms with E-state index in [-0.39, 0.29) is 0 Å². The molecule has 0 aliphatic heterocycles. The Balaban J connectivity index is 3.59. The van der Waals surface area contributed by atoms with Crippen LogP contribution in [0.3, 0.4) is 0 Å². The number of aldehydes is 1. The second-order valence-electron chi connectivity index (χ2n) is 2.59. The minimum absolute atomic E-state index is 0.613. The van der Waals surface area contributed by atoms with Crippen molar-refractivity contribution in [2.45, 2.75) is 39.0 Å². The quantitative estimate of drug-likeness (QED) is 0.422. The molecule has 1 nitrogen and oxygen atoms in total. The molecule has 0 unspecified atom stereocenters. The van der Waals surface area contributed by atoms with Crippen molar-refractivity contribution in [1.29, 1.82) is 0 Å². The van der Waals surface area contributed by atoms with E-state index >= 15 is 0 Å². The van der Waals surface area contributed by atoms with Crippen molar-refractivity contribution in [3.8, 4) is 0 Å². The van der Waals surface area contributed by atoms with Crippen LogP contribution in [-0.2, 0) is 4.79 Å². The Hall–Kier alpha value is -0.810. The van der Waals surface area contributed by atoms with Crippen LogP contribution < -0.4 is 0 Å². The van der Waals surface area contributed by atoms with Gasteiger partial charge in [0, 0.05) is 6.42 Å². The first kappa shape index (κ1) is 10.2. The maximum atomic E-state index is 10.0. The molecule has 0 heterocycles. The minimum atomic E-state index is 0.613. The van der Waals surface area contributed by atoms with Crippen molar-refractivity contribution in [2.24, 2.45) is 0 Å². The van der Waals surface area contributed by atoms with Crippen LogP contribution in [0.25, 0.3) is 0 Å². The Bertz CT molecular complexity index is 152. The molecule has 0 aromatic rings. The van der Waals surface area contributed by atoms with E-state index in [1.165, 1.54) is 18.4 Å². The van der Waals surface area contributed by atoms with Crippen molar-refractivity contribution in [2.75, 3.05) is 0 Å². The predicted molar refractivity (Wildman–Crippen MR) is 47.5 cm³/mol. The average Bonchev–Trinajstić information content (AvgIpc) is 2.05. The number of carbonyl (C=O) groups is 1. The third-order valence-electron chi connectivity index (χ3n) is 1.65. The van der Waals surface area contributed by atoms with E-state index in [1.807, 2.05) is 0 Å². The lowest BCUT2D eigenvalue weighted by Gasteiger charge is -1.99. The van der Waals surface area contributed by atoms with Gasteiger partial charge in [0.15, 0.2) is 0 Å². The fraction of sp³-hybridized carbons (Fsp3) is 0.600. The Morgan fingerprint density at radius 2 is 2.27 bits per heavy atom. The molecule has 0 saturated heterocycles. The van der Waals surface area contributed by atoms with Crippen LogP contribution >= 0.6 is 0 Å². The molecular weight excluding hydrogens is 136 g/mol. The fourth-order valence-corrected chi connectivity index (χ4v) is 0.925. The molecule has 62 valence electrons. The van der Waals surface area contributed by atoms with Gasteiger partial charge in [-0.15, -0.1) is 5.73 Å². The number of hydrogen-bond donors (Lipinski definition) is 0. The van der Waals surface area contributed by atoms with Gasteiger partial charge in [-0.1, -0.05) is 19.9 Å². The summed E-state index contributed by atoms with van der Waals surface area (Å²) < 4.78 is 0. The Labute approximate surface area is 68.8 Å². The standard InChI is InChI=1S/C10H16O/c1-3-5-7-10(4-2)8-6-9-11/h9H,2-3,5-8H2,1H3. The zero-order chi connectivity index (χ0) is 8.53. The summed E-state index contributed by atoms with van der Waals surface area (Å²) in [5, 5.41) is 0. The Kier molecular flexibility index (Phi) is 6.76. The zero-order valence-electron chi connectivity index (χ0n) is 7.23. The van der Waals surface area contributed by atoms with Crippen molar-refractivity contribution in [1.82, 2.24) is 0 Å². The first-order valence-corrected chi connectivity index (χ1v) is 4.16. The van der Waals surface area contributed by atoms with Gasteiger partial charge in [0.2, 0.25) is 0 Å². The molecule has 0 radical (unpaired) electrons. The lowest BCUT2D eigenvalue weighted by molar-refractivity contribution is -0.107. The van der Waals surface area contributed by atoms with Crippen LogP contribution in [0.15, 0.2) is 17.9 Å². The first-order chi connectivity index (χ1) is 5.35. The first-order valence-electron chi connectivity index (χ1n) is 4.16. The highest BCUT2D eigenvalue weighted by Gasteiger charge is 1.94. The molecule has 0 aliphatic rings. The topological polar surface area (TPSA) is 17.1 Å². The van der Waals surface area contributed by atoms with E-state index in [4.69, 9.17) is 0 Å². The van der Waals surface area contributed by atoms with Crippen molar-refractivity contribution >= 4 is 6.29 Å². The van der Waals surface area contributed by atoms with E-state index in [2.05, 4.69) is 19.2 Å². The maximum absolute atomic E-state index is 10.0. The highest BCUT2D eigenvalue weighted by atomic mass is 16.1. The van der Waals surface area contributed by atoms with E-state index < -0.39 is 0 Å². The van der Waals surface area contributed by atoms with Crippen LogP contribution in [0.5, 0.6) is 0 Å². The van der Waals surface area contributed by atoms with Gasteiger partial charge in [-0.05, 0) is 24.8 Å². The number of unbranched alkanes of at least 4 members (excludes halogenated alkanes) is 1. The van der Waals surface area contributed by atoms with Crippen LogP contribution in [-0.4, -0.2) is 6.29 Å². The van der Waals surface area contributed by atoms with Crippen LogP contribution in [0, 0.1) is 0 Å². The highest BCUT2D eigenvalue weighted by molar-refractivity contribution is 5.49. The van der Waals surface area contributed by atoms with Crippen molar-refractivity contribution in [3.63, 3.8) is 0 Å². The summed E-state index contributed by atoms with van der Waals surface area (Å²) in [6, 6.07) is 0. The van der Waals surface area contributed by atoms with Gasteiger partial charge >= 0.3 is 0 Å². The summed E-state index contributed by atoms with van der Waals surface area (Å²) in [4.78, 5) is 10.0. The molecule has 0 aromatic heterocycles. The third-order valence-corrected chi connectivity index (χ3v) is 1.65. The smallest absolute Gasteiger partial charge is 0.120 e. The summed E-state index contributed by atoms with van der Waals surface area (Å²) >= 11 is 0. The normalized spacial score (nSPS) is 8.82. The summed E-state index contributed by atoms with van der Waals surface area (Å²) in [6.07, 6.45) is 5.81. The van der Waals surface area contributed by atoms with Gasteiger partial charge in [-0.3, -0.25) is 0 Å². The van der Waals surface area contributed by atoms with Crippen molar-refractivity contribution in [3.05, 3.63) is 17.9 Å². The average molecular weight is 152 g/mol. The van der Waals surface area contributed by atoms with Gasteiger partial charge < -0.3 is 4.79 Å². The van der Waals surface area contributed by atoms with Gasteiger partial charge in [-0.2, -0.15) is 0 Å². The summed E-state index contributed by atoms with van der Waals surface area (Å²) in [5.74, 6) is 0. The summed E-state index contributed by atoms with van der Waals surface area (Å²) in [6.45, 7) is 5.74. The SMILES string of the molecule is C=C=C(CCC=O)CCCC. The van der Waals surface area contributed by atoms with E-state index in [9.17, 15) is 4.79 Å². The molecule has 0 fully saturated rings. The summed E-state index contributed by atoms with van der Waals surface area (Å²) in [5.41, 5.74) is 4.07. The highest BCUT2D eigenvalue weighted by Crippen LogP contribution is 2.10. The molecule has 0 rings (SSSR count). The molecule has 0 aliphatic carbocycles.